The predicted octanol–water partition coefficient (Wildman–Crippen LogP) is 3.19. The zero-order chi connectivity index (χ0) is 13.9. The summed E-state index contributed by atoms with van der Waals surface area (Å²) in [5.74, 6) is 1.06. The van der Waals surface area contributed by atoms with Crippen molar-refractivity contribution >= 4 is 15.9 Å². The van der Waals surface area contributed by atoms with E-state index in [1.165, 1.54) is 0 Å². The molecule has 0 atom stereocenters. The zero-order valence-electron chi connectivity index (χ0n) is 10.3. The van der Waals surface area contributed by atoms with Gasteiger partial charge in [-0.25, -0.2) is 0 Å². The number of halogens is 1. The van der Waals surface area contributed by atoms with Crippen LogP contribution in [0.3, 0.4) is 0 Å². The Balaban J connectivity index is 1.88. The molecule has 0 saturated heterocycles. The Hall–Kier alpha value is -2.21. The zero-order valence-corrected chi connectivity index (χ0v) is 11.9. The van der Waals surface area contributed by atoms with Crippen LogP contribution in [0.1, 0.15) is 11.5 Å². The smallest absolute Gasteiger partial charge is 0.231 e. The maximum Gasteiger partial charge on any atom is 0.231 e. The molecule has 0 spiro atoms. The van der Waals surface area contributed by atoms with Crippen LogP contribution in [0.15, 0.2) is 51.6 Å². The second kappa shape index (κ2) is 5.42. The van der Waals surface area contributed by atoms with E-state index in [0.717, 1.165) is 10.0 Å². The molecule has 0 saturated carbocycles. The van der Waals surface area contributed by atoms with E-state index in [1.807, 2.05) is 24.3 Å². The lowest BCUT2D eigenvalue weighted by molar-refractivity contribution is 0.383. The first-order chi connectivity index (χ1) is 9.74. The minimum Gasteiger partial charge on any atom is -0.508 e. The van der Waals surface area contributed by atoms with Crippen molar-refractivity contribution in [2.45, 2.75) is 6.42 Å². The number of phenols is 1. The van der Waals surface area contributed by atoms with Crippen molar-refractivity contribution in [1.29, 1.82) is 0 Å². The van der Waals surface area contributed by atoms with Crippen LogP contribution < -0.4 is 0 Å². The first-order valence-electron chi connectivity index (χ1n) is 5.94. The van der Waals surface area contributed by atoms with Gasteiger partial charge in [0.05, 0.1) is 6.42 Å². The molecule has 0 unspecified atom stereocenters. The van der Waals surface area contributed by atoms with E-state index in [0.29, 0.717) is 23.8 Å². The Labute approximate surface area is 123 Å². The van der Waals surface area contributed by atoms with Gasteiger partial charge in [0, 0.05) is 16.2 Å². The maximum absolute atomic E-state index is 9.73. The standard InChI is InChI=1S/C14H10BrN3O2/c15-10-5-3-7-16-13(10)14-17-12(20-18-14)8-9-4-1-2-6-11(9)19/h1-7,19H,8H2. The molecule has 0 amide bonds. The SMILES string of the molecule is Oc1ccccc1Cc1nc(-c2ncccc2Br)no1. The molecule has 2 aromatic heterocycles. The van der Waals surface area contributed by atoms with Crippen molar-refractivity contribution in [3.05, 3.63) is 58.5 Å². The monoisotopic (exact) mass is 331 g/mol. The number of pyridine rings is 1. The molecule has 1 aromatic carbocycles. The summed E-state index contributed by atoms with van der Waals surface area (Å²) in [6.07, 6.45) is 2.04. The van der Waals surface area contributed by atoms with E-state index >= 15 is 0 Å². The predicted molar refractivity (Wildman–Crippen MR) is 76.1 cm³/mol. The molecule has 5 nitrogen and oxygen atoms in total. The largest absolute Gasteiger partial charge is 0.508 e. The van der Waals surface area contributed by atoms with Gasteiger partial charge in [-0.05, 0) is 34.1 Å². The summed E-state index contributed by atoms with van der Waals surface area (Å²) < 4.78 is 6.00. The number of rotatable bonds is 3. The number of benzene rings is 1. The second-order valence-electron chi connectivity index (χ2n) is 4.15. The third-order valence-corrected chi connectivity index (χ3v) is 3.41. The van der Waals surface area contributed by atoms with Crippen molar-refractivity contribution in [1.82, 2.24) is 15.1 Å². The molecule has 2 heterocycles. The van der Waals surface area contributed by atoms with Crippen LogP contribution in [-0.2, 0) is 6.42 Å². The van der Waals surface area contributed by atoms with Crippen molar-refractivity contribution in [2.75, 3.05) is 0 Å². The Morgan fingerprint density at radius 2 is 2.00 bits per heavy atom. The summed E-state index contributed by atoms with van der Waals surface area (Å²) in [6.45, 7) is 0. The highest BCUT2D eigenvalue weighted by Crippen LogP contribution is 2.24. The van der Waals surface area contributed by atoms with Gasteiger partial charge >= 0.3 is 0 Å². The second-order valence-corrected chi connectivity index (χ2v) is 5.01. The molecule has 0 fully saturated rings. The normalized spacial score (nSPS) is 10.7. The van der Waals surface area contributed by atoms with E-state index in [4.69, 9.17) is 4.52 Å². The van der Waals surface area contributed by atoms with Gasteiger partial charge in [-0.2, -0.15) is 4.98 Å². The van der Waals surface area contributed by atoms with Gasteiger partial charge in [-0.1, -0.05) is 23.4 Å². The molecule has 20 heavy (non-hydrogen) atoms. The van der Waals surface area contributed by atoms with E-state index in [2.05, 4.69) is 31.1 Å². The molecule has 1 N–H and O–H groups in total. The molecule has 6 heteroatoms. The molecule has 0 aliphatic carbocycles. The molecular formula is C14H10BrN3O2. The highest BCUT2D eigenvalue weighted by atomic mass is 79.9. The van der Waals surface area contributed by atoms with E-state index in [9.17, 15) is 5.11 Å². The minimum atomic E-state index is 0.214. The topological polar surface area (TPSA) is 72.0 Å². The summed E-state index contributed by atoms with van der Waals surface area (Å²) in [5, 5.41) is 13.6. The number of hydrogen-bond acceptors (Lipinski definition) is 5. The van der Waals surface area contributed by atoms with E-state index in [1.54, 1.807) is 18.3 Å². The summed E-state index contributed by atoms with van der Waals surface area (Å²) in [4.78, 5) is 8.50. The fraction of sp³-hybridized carbons (Fsp3) is 0.0714. The number of para-hydroxylation sites is 1. The van der Waals surface area contributed by atoms with Gasteiger partial charge in [0.2, 0.25) is 11.7 Å². The third-order valence-electron chi connectivity index (χ3n) is 2.77. The molecule has 0 aliphatic heterocycles. The van der Waals surface area contributed by atoms with Crippen LogP contribution in [0.25, 0.3) is 11.5 Å². The van der Waals surface area contributed by atoms with Crippen LogP contribution in [0.2, 0.25) is 0 Å². The number of aromatic hydroxyl groups is 1. The van der Waals surface area contributed by atoms with E-state index < -0.39 is 0 Å². The quantitative estimate of drug-likeness (QED) is 0.797. The summed E-state index contributed by atoms with van der Waals surface area (Å²) in [6, 6.07) is 10.7. The van der Waals surface area contributed by atoms with Crippen LogP contribution in [0.4, 0.5) is 0 Å². The maximum atomic E-state index is 9.73. The molecule has 0 bridgehead atoms. The number of phenolic OH excluding ortho intramolecular Hbond substituents is 1. The first-order valence-corrected chi connectivity index (χ1v) is 6.73. The molecule has 3 aromatic rings. The molecule has 100 valence electrons. The van der Waals surface area contributed by atoms with Crippen molar-refractivity contribution in [2.24, 2.45) is 0 Å². The molecule has 0 radical (unpaired) electrons. The van der Waals surface area contributed by atoms with Gasteiger partial charge in [0.1, 0.15) is 11.4 Å². The average molecular weight is 332 g/mol. The number of nitrogens with zero attached hydrogens (tertiary/aromatic N) is 3. The summed E-state index contributed by atoms with van der Waals surface area (Å²) in [7, 11) is 0. The van der Waals surface area contributed by atoms with E-state index in [-0.39, 0.29) is 5.75 Å². The van der Waals surface area contributed by atoms with Gasteiger partial charge in [0.25, 0.3) is 0 Å². The average Bonchev–Trinajstić information content (AvgIpc) is 2.90. The third kappa shape index (κ3) is 2.55. The molecule has 3 rings (SSSR count). The Bertz CT molecular complexity index is 743. The fourth-order valence-electron chi connectivity index (χ4n) is 1.80. The lowest BCUT2D eigenvalue weighted by Gasteiger charge is -1.99. The first kappa shape index (κ1) is 12.8. The van der Waals surface area contributed by atoms with Crippen LogP contribution in [0.5, 0.6) is 5.75 Å². The van der Waals surface area contributed by atoms with Crippen molar-refractivity contribution in [3.63, 3.8) is 0 Å². The van der Waals surface area contributed by atoms with Crippen LogP contribution in [-0.4, -0.2) is 20.2 Å². The number of aromatic nitrogens is 3. The number of hydrogen-bond donors (Lipinski definition) is 1. The van der Waals surface area contributed by atoms with Crippen molar-refractivity contribution in [3.8, 4) is 17.3 Å². The highest BCUT2D eigenvalue weighted by molar-refractivity contribution is 9.10. The fourth-order valence-corrected chi connectivity index (χ4v) is 2.23. The lowest BCUT2D eigenvalue weighted by atomic mass is 10.1. The lowest BCUT2D eigenvalue weighted by Crippen LogP contribution is -1.90. The Morgan fingerprint density at radius 3 is 2.80 bits per heavy atom. The summed E-state index contributed by atoms with van der Waals surface area (Å²) >= 11 is 3.40. The van der Waals surface area contributed by atoms with Gasteiger partial charge in [-0.3, -0.25) is 4.98 Å². The van der Waals surface area contributed by atoms with Gasteiger partial charge < -0.3 is 9.63 Å². The Morgan fingerprint density at radius 1 is 1.15 bits per heavy atom. The van der Waals surface area contributed by atoms with Crippen LogP contribution >= 0.6 is 15.9 Å². The highest BCUT2D eigenvalue weighted by Gasteiger charge is 2.13. The molecular weight excluding hydrogens is 322 g/mol. The van der Waals surface area contributed by atoms with Crippen molar-refractivity contribution < 1.29 is 9.63 Å². The van der Waals surface area contributed by atoms with Gasteiger partial charge in [-0.15, -0.1) is 0 Å². The summed E-state index contributed by atoms with van der Waals surface area (Å²) in [5.41, 5.74) is 1.36. The molecule has 0 aliphatic rings. The Kier molecular flexibility index (Phi) is 3.47. The van der Waals surface area contributed by atoms with Gasteiger partial charge in [0.15, 0.2) is 0 Å². The van der Waals surface area contributed by atoms with Crippen LogP contribution in [0, 0.1) is 0 Å². The minimum absolute atomic E-state index is 0.214.